The molecule has 1 saturated heterocycles. The number of likely N-dealkylation sites (tertiary alicyclic amines) is 1. The van der Waals surface area contributed by atoms with Gasteiger partial charge in [-0.25, -0.2) is 18.6 Å². The van der Waals surface area contributed by atoms with Crippen LogP contribution in [0.5, 0.6) is 0 Å². The molecule has 2 heterocycles. The second-order valence-corrected chi connectivity index (χ2v) is 8.99. The molecular formula is C26H30F2N4O3. The number of rotatable bonds is 8. The fourth-order valence-corrected chi connectivity index (χ4v) is 4.28. The Morgan fingerprint density at radius 1 is 1.17 bits per heavy atom. The Bertz CT molecular complexity index is 1150. The predicted octanol–water partition coefficient (Wildman–Crippen LogP) is 4.98. The minimum Gasteiger partial charge on any atom is -0.424 e. The van der Waals surface area contributed by atoms with Crippen molar-refractivity contribution in [1.82, 2.24) is 15.2 Å². The maximum absolute atomic E-state index is 14.0. The van der Waals surface area contributed by atoms with Crippen LogP contribution in [0.15, 0.2) is 52.9 Å². The standard InChI is InChI=1S/C26H30F2N4O3/c1-16(2)24-30-23(17-7-5-4-6-8-17)25(35-24)31-26(33)29-22-15-32(11-12-34-3)14-19(22)18-9-10-20(27)21(28)13-18/h4-10,13,16,19,22H,11-12,14-15H2,1-3H3,(H2,29,31,33). The Morgan fingerprint density at radius 3 is 2.63 bits per heavy atom. The highest BCUT2D eigenvalue weighted by Gasteiger charge is 2.35. The summed E-state index contributed by atoms with van der Waals surface area (Å²) in [5, 5.41) is 5.80. The zero-order chi connectivity index (χ0) is 24.9. The Balaban J connectivity index is 1.54. The highest BCUT2D eigenvalue weighted by molar-refractivity contribution is 5.91. The van der Waals surface area contributed by atoms with Gasteiger partial charge in [0.05, 0.1) is 12.6 Å². The fraction of sp³-hybridized carbons (Fsp3) is 0.385. The zero-order valence-corrected chi connectivity index (χ0v) is 20.1. The first-order valence-electron chi connectivity index (χ1n) is 11.7. The molecular weight excluding hydrogens is 454 g/mol. The van der Waals surface area contributed by atoms with Crippen LogP contribution in [0.3, 0.4) is 0 Å². The molecule has 0 bridgehead atoms. The third-order valence-electron chi connectivity index (χ3n) is 6.11. The first-order chi connectivity index (χ1) is 16.9. The molecule has 186 valence electrons. The van der Waals surface area contributed by atoms with Crippen LogP contribution >= 0.6 is 0 Å². The normalized spacial score (nSPS) is 18.2. The molecule has 2 unspecified atom stereocenters. The summed E-state index contributed by atoms with van der Waals surface area (Å²) in [7, 11) is 1.62. The molecule has 9 heteroatoms. The Hall–Kier alpha value is -3.30. The van der Waals surface area contributed by atoms with Gasteiger partial charge in [-0.15, -0.1) is 0 Å². The number of hydrogen-bond donors (Lipinski definition) is 2. The molecule has 2 atom stereocenters. The number of anilines is 1. The van der Waals surface area contributed by atoms with Gasteiger partial charge in [0.15, 0.2) is 17.5 Å². The van der Waals surface area contributed by atoms with Gasteiger partial charge in [-0.3, -0.25) is 10.2 Å². The van der Waals surface area contributed by atoms with Gasteiger partial charge in [0.1, 0.15) is 5.69 Å². The second-order valence-electron chi connectivity index (χ2n) is 8.99. The quantitative estimate of drug-likeness (QED) is 0.472. The zero-order valence-electron chi connectivity index (χ0n) is 20.1. The van der Waals surface area contributed by atoms with Crippen LogP contribution in [-0.4, -0.2) is 55.3 Å². The van der Waals surface area contributed by atoms with E-state index in [9.17, 15) is 13.6 Å². The number of halogens is 2. The van der Waals surface area contributed by atoms with Gasteiger partial charge in [-0.2, -0.15) is 0 Å². The number of methoxy groups -OCH3 is 1. The second kappa shape index (κ2) is 11.0. The van der Waals surface area contributed by atoms with Gasteiger partial charge < -0.3 is 14.5 Å². The number of nitrogens with zero attached hydrogens (tertiary/aromatic N) is 2. The number of carbonyl (C=O) groups is 1. The molecule has 1 fully saturated rings. The molecule has 35 heavy (non-hydrogen) atoms. The lowest BCUT2D eigenvalue weighted by Gasteiger charge is -2.20. The molecule has 1 aliphatic heterocycles. The molecule has 4 rings (SSSR count). The van der Waals surface area contributed by atoms with Crippen molar-refractivity contribution < 1.29 is 22.7 Å². The topological polar surface area (TPSA) is 79.6 Å². The molecule has 0 spiro atoms. The summed E-state index contributed by atoms with van der Waals surface area (Å²) in [5.74, 6) is -1.21. The molecule has 2 aromatic carbocycles. The van der Waals surface area contributed by atoms with Crippen molar-refractivity contribution in [2.24, 2.45) is 0 Å². The van der Waals surface area contributed by atoms with Crippen LogP contribution in [0, 0.1) is 11.6 Å². The van der Waals surface area contributed by atoms with Gasteiger partial charge in [-0.05, 0) is 17.7 Å². The summed E-state index contributed by atoms with van der Waals surface area (Å²) in [6, 6.07) is 12.6. The molecule has 2 N–H and O–H groups in total. The lowest BCUT2D eigenvalue weighted by Crippen LogP contribution is -2.42. The summed E-state index contributed by atoms with van der Waals surface area (Å²) in [4.78, 5) is 19.8. The lowest BCUT2D eigenvalue weighted by molar-refractivity contribution is 0.159. The van der Waals surface area contributed by atoms with Gasteiger partial charge >= 0.3 is 6.03 Å². The number of carbonyl (C=O) groups excluding carboxylic acids is 1. The smallest absolute Gasteiger partial charge is 0.321 e. The highest BCUT2D eigenvalue weighted by Crippen LogP contribution is 2.32. The third-order valence-corrected chi connectivity index (χ3v) is 6.11. The van der Waals surface area contributed by atoms with Crippen molar-refractivity contribution >= 4 is 11.9 Å². The number of aromatic nitrogens is 1. The maximum Gasteiger partial charge on any atom is 0.321 e. The minimum absolute atomic E-state index is 0.0398. The summed E-state index contributed by atoms with van der Waals surface area (Å²) >= 11 is 0. The SMILES string of the molecule is COCCN1CC(NC(=O)Nc2oc(C(C)C)nc2-c2ccccc2)C(c2ccc(F)c(F)c2)C1. The number of ether oxygens (including phenoxy) is 1. The van der Waals surface area contributed by atoms with Crippen LogP contribution in [0.25, 0.3) is 11.3 Å². The minimum atomic E-state index is -0.906. The number of urea groups is 1. The lowest BCUT2D eigenvalue weighted by atomic mass is 9.94. The van der Waals surface area contributed by atoms with Crippen molar-refractivity contribution in [3.63, 3.8) is 0 Å². The van der Waals surface area contributed by atoms with E-state index in [1.54, 1.807) is 13.2 Å². The van der Waals surface area contributed by atoms with Crippen molar-refractivity contribution in [3.05, 3.63) is 71.6 Å². The van der Waals surface area contributed by atoms with Crippen LogP contribution in [-0.2, 0) is 4.74 Å². The van der Waals surface area contributed by atoms with Gasteiger partial charge in [0, 0.05) is 44.1 Å². The van der Waals surface area contributed by atoms with Gasteiger partial charge in [0.25, 0.3) is 0 Å². The van der Waals surface area contributed by atoms with E-state index in [2.05, 4.69) is 20.5 Å². The first-order valence-corrected chi connectivity index (χ1v) is 11.7. The van der Waals surface area contributed by atoms with Crippen LogP contribution in [0.4, 0.5) is 19.5 Å². The number of benzene rings is 2. The van der Waals surface area contributed by atoms with Crippen molar-refractivity contribution in [2.75, 3.05) is 38.7 Å². The largest absolute Gasteiger partial charge is 0.424 e. The molecule has 7 nitrogen and oxygen atoms in total. The number of amides is 2. The van der Waals surface area contributed by atoms with Gasteiger partial charge in [-0.1, -0.05) is 50.2 Å². The van der Waals surface area contributed by atoms with Crippen molar-refractivity contribution in [3.8, 4) is 11.3 Å². The van der Waals surface area contributed by atoms with E-state index in [4.69, 9.17) is 9.15 Å². The fourth-order valence-electron chi connectivity index (χ4n) is 4.28. The number of hydrogen-bond acceptors (Lipinski definition) is 5. The van der Waals surface area contributed by atoms with E-state index in [0.717, 1.165) is 11.6 Å². The van der Waals surface area contributed by atoms with E-state index >= 15 is 0 Å². The van der Waals surface area contributed by atoms with Crippen molar-refractivity contribution in [2.45, 2.75) is 31.7 Å². The first kappa shape index (κ1) is 24.8. The number of nitrogens with one attached hydrogen (secondary N) is 2. The van der Waals surface area contributed by atoms with Crippen molar-refractivity contribution in [1.29, 1.82) is 0 Å². The van der Waals surface area contributed by atoms with Crippen LogP contribution < -0.4 is 10.6 Å². The maximum atomic E-state index is 14.0. The highest BCUT2D eigenvalue weighted by atomic mass is 19.2. The molecule has 0 aliphatic carbocycles. The van der Waals surface area contributed by atoms with E-state index in [1.807, 2.05) is 44.2 Å². The summed E-state index contributed by atoms with van der Waals surface area (Å²) in [6.07, 6.45) is 0. The Morgan fingerprint density at radius 2 is 1.94 bits per heavy atom. The molecule has 1 aromatic heterocycles. The van der Waals surface area contributed by atoms with Crippen LogP contribution in [0.1, 0.15) is 37.1 Å². The predicted molar refractivity (Wildman–Crippen MR) is 129 cm³/mol. The molecule has 1 aliphatic rings. The third kappa shape index (κ3) is 5.86. The molecule has 3 aromatic rings. The van der Waals surface area contributed by atoms with Gasteiger partial charge in [0.2, 0.25) is 5.88 Å². The van der Waals surface area contributed by atoms with E-state index in [1.165, 1.54) is 6.07 Å². The Kier molecular flexibility index (Phi) is 7.77. The average molecular weight is 485 g/mol. The Labute approximate surface area is 203 Å². The summed E-state index contributed by atoms with van der Waals surface area (Å²) in [5.41, 5.74) is 2.00. The number of oxazole rings is 1. The van der Waals surface area contributed by atoms with E-state index < -0.39 is 17.7 Å². The molecule has 2 amide bonds. The summed E-state index contributed by atoms with van der Waals surface area (Å²) in [6.45, 7) is 6.23. The van der Waals surface area contributed by atoms with E-state index in [-0.39, 0.29) is 23.8 Å². The molecule has 0 saturated carbocycles. The summed E-state index contributed by atoms with van der Waals surface area (Å²) < 4.78 is 38.5. The molecule has 0 radical (unpaired) electrons. The van der Waals surface area contributed by atoms with E-state index in [0.29, 0.717) is 43.4 Å². The van der Waals surface area contributed by atoms with Crippen LogP contribution in [0.2, 0.25) is 0 Å². The average Bonchev–Trinajstić information content (AvgIpc) is 3.44. The monoisotopic (exact) mass is 484 g/mol.